The molecule has 0 unspecified atom stereocenters. The molecule has 0 spiro atoms. The van der Waals surface area contributed by atoms with Crippen molar-refractivity contribution in [3.8, 4) is 0 Å². The Morgan fingerprint density at radius 1 is 1.60 bits per heavy atom. The van der Waals surface area contributed by atoms with Gasteiger partial charge in [-0.25, -0.2) is 0 Å². The molecule has 0 aromatic carbocycles. The summed E-state index contributed by atoms with van der Waals surface area (Å²) in [6, 6.07) is 3.66. The molecule has 0 fully saturated rings. The quantitative estimate of drug-likeness (QED) is 0.565. The fraction of sp³-hybridized carbons (Fsp3) is 0. The van der Waals surface area contributed by atoms with Gasteiger partial charge in [0.05, 0.1) is 11.4 Å². The lowest BCUT2D eigenvalue weighted by Gasteiger charge is -1.94. The van der Waals surface area contributed by atoms with Crippen LogP contribution in [-0.2, 0) is 0 Å². The van der Waals surface area contributed by atoms with E-state index in [1.165, 1.54) is 0 Å². The van der Waals surface area contributed by atoms with Gasteiger partial charge in [0.25, 0.3) is 0 Å². The van der Waals surface area contributed by atoms with Crippen LogP contribution in [0.25, 0.3) is 6.08 Å². The summed E-state index contributed by atoms with van der Waals surface area (Å²) < 4.78 is 0. The third kappa shape index (κ3) is 1.10. The highest BCUT2D eigenvalue weighted by Gasteiger charge is 1.92. The standard InChI is InChI=1S/C8H8N2/c1-3-7-8(9-2)5-4-6-10-7/h3-6H,1-2H2. The molecule has 0 saturated heterocycles. The van der Waals surface area contributed by atoms with E-state index in [1.807, 2.05) is 12.1 Å². The van der Waals surface area contributed by atoms with Crippen LogP contribution in [0.3, 0.4) is 0 Å². The Bertz CT molecular complexity index is 226. The van der Waals surface area contributed by atoms with E-state index in [9.17, 15) is 0 Å². The normalized spacial score (nSPS) is 8.80. The van der Waals surface area contributed by atoms with Crippen LogP contribution < -0.4 is 0 Å². The Labute approximate surface area is 60.0 Å². The number of nitrogens with zero attached hydrogens (tertiary/aromatic N) is 2. The second-order valence-corrected chi connectivity index (χ2v) is 1.77. The first-order valence-corrected chi connectivity index (χ1v) is 2.92. The molecule has 10 heavy (non-hydrogen) atoms. The van der Waals surface area contributed by atoms with Crippen molar-refractivity contribution in [2.24, 2.45) is 4.99 Å². The molecule has 0 aliphatic carbocycles. The Morgan fingerprint density at radius 3 is 2.90 bits per heavy atom. The molecule has 0 amide bonds. The van der Waals surface area contributed by atoms with Gasteiger partial charge in [-0.3, -0.25) is 9.98 Å². The van der Waals surface area contributed by atoms with Crippen LogP contribution in [0.15, 0.2) is 29.9 Å². The fourth-order valence-electron chi connectivity index (χ4n) is 0.700. The van der Waals surface area contributed by atoms with Crippen molar-refractivity contribution in [3.63, 3.8) is 0 Å². The first kappa shape index (κ1) is 6.68. The molecular weight excluding hydrogens is 124 g/mol. The van der Waals surface area contributed by atoms with Crippen molar-refractivity contribution in [1.29, 1.82) is 0 Å². The molecule has 0 atom stereocenters. The third-order valence-corrected chi connectivity index (χ3v) is 1.18. The molecular formula is C8H8N2. The maximum Gasteiger partial charge on any atom is 0.0879 e. The van der Waals surface area contributed by atoms with Gasteiger partial charge in [0.2, 0.25) is 0 Å². The van der Waals surface area contributed by atoms with E-state index in [-0.39, 0.29) is 0 Å². The zero-order valence-electron chi connectivity index (χ0n) is 5.62. The van der Waals surface area contributed by atoms with Gasteiger partial charge in [-0.2, -0.15) is 0 Å². The second kappa shape index (κ2) is 2.92. The van der Waals surface area contributed by atoms with E-state index >= 15 is 0 Å². The summed E-state index contributed by atoms with van der Waals surface area (Å²) in [4.78, 5) is 7.77. The average Bonchev–Trinajstić information content (AvgIpc) is 2.04. The van der Waals surface area contributed by atoms with Gasteiger partial charge in [-0.15, -0.1) is 0 Å². The molecule has 1 rings (SSSR count). The molecule has 1 aromatic heterocycles. The smallest absolute Gasteiger partial charge is 0.0879 e. The molecule has 0 aliphatic heterocycles. The summed E-state index contributed by atoms with van der Waals surface area (Å²) in [6.07, 6.45) is 3.36. The van der Waals surface area contributed by atoms with Crippen LogP contribution in [0.5, 0.6) is 0 Å². The van der Waals surface area contributed by atoms with Crippen LogP contribution in [0.1, 0.15) is 5.69 Å². The van der Waals surface area contributed by atoms with Gasteiger partial charge in [0, 0.05) is 6.20 Å². The minimum Gasteiger partial charge on any atom is -0.262 e. The van der Waals surface area contributed by atoms with Crippen molar-refractivity contribution in [2.45, 2.75) is 0 Å². The van der Waals surface area contributed by atoms with E-state index in [0.29, 0.717) is 0 Å². The number of aliphatic imine (C=N–C) groups is 1. The van der Waals surface area contributed by atoms with Crippen molar-refractivity contribution in [1.82, 2.24) is 4.98 Å². The van der Waals surface area contributed by atoms with E-state index < -0.39 is 0 Å². The molecule has 2 nitrogen and oxygen atoms in total. The van der Waals surface area contributed by atoms with Crippen LogP contribution in [0.4, 0.5) is 5.69 Å². The van der Waals surface area contributed by atoms with Gasteiger partial charge in [-0.1, -0.05) is 6.58 Å². The predicted octanol–water partition coefficient (Wildman–Crippen LogP) is 2.06. The van der Waals surface area contributed by atoms with Crippen LogP contribution in [0, 0.1) is 0 Å². The molecule has 0 bridgehead atoms. The van der Waals surface area contributed by atoms with Crippen molar-refractivity contribution < 1.29 is 0 Å². The summed E-state index contributed by atoms with van der Waals surface area (Å²) in [5.41, 5.74) is 1.55. The highest BCUT2D eigenvalue weighted by Crippen LogP contribution is 2.15. The number of aromatic nitrogens is 1. The van der Waals surface area contributed by atoms with Crippen molar-refractivity contribution >= 4 is 18.5 Å². The monoisotopic (exact) mass is 132 g/mol. The van der Waals surface area contributed by atoms with E-state index in [1.54, 1.807) is 12.3 Å². The van der Waals surface area contributed by atoms with Crippen LogP contribution in [-0.4, -0.2) is 11.7 Å². The largest absolute Gasteiger partial charge is 0.262 e. The van der Waals surface area contributed by atoms with Gasteiger partial charge >= 0.3 is 0 Å². The van der Waals surface area contributed by atoms with Gasteiger partial charge in [0.15, 0.2) is 0 Å². The van der Waals surface area contributed by atoms with Crippen LogP contribution >= 0.6 is 0 Å². The third-order valence-electron chi connectivity index (χ3n) is 1.18. The Hall–Kier alpha value is -1.44. The van der Waals surface area contributed by atoms with Gasteiger partial charge in [-0.05, 0) is 24.9 Å². The number of hydrogen-bond acceptors (Lipinski definition) is 2. The summed E-state index contributed by atoms with van der Waals surface area (Å²) in [7, 11) is 0. The number of hydrogen-bond donors (Lipinski definition) is 0. The van der Waals surface area contributed by atoms with Gasteiger partial charge in [0.1, 0.15) is 0 Å². The SMILES string of the molecule is C=Cc1ncccc1N=C. The molecule has 2 heteroatoms. The lowest BCUT2D eigenvalue weighted by atomic mass is 10.3. The molecule has 0 aliphatic rings. The number of rotatable bonds is 2. The summed E-state index contributed by atoms with van der Waals surface area (Å²) >= 11 is 0. The number of pyridine rings is 1. The maximum atomic E-state index is 4.02. The van der Waals surface area contributed by atoms with E-state index in [2.05, 4.69) is 23.3 Å². The fourth-order valence-corrected chi connectivity index (χ4v) is 0.700. The minimum absolute atomic E-state index is 0.775. The van der Waals surface area contributed by atoms with Crippen molar-refractivity contribution in [2.75, 3.05) is 0 Å². The topological polar surface area (TPSA) is 25.2 Å². The predicted molar refractivity (Wildman–Crippen MR) is 43.5 cm³/mol. The highest BCUT2D eigenvalue weighted by atomic mass is 14.8. The van der Waals surface area contributed by atoms with E-state index in [0.717, 1.165) is 11.4 Å². The average molecular weight is 132 g/mol. The summed E-state index contributed by atoms with van der Waals surface area (Å²) in [6.45, 7) is 6.99. The van der Waals surface area contributed by atoms with Crippen LogP contribution in [0.2, 0.25) is 0 Å². The zero-order chi connectivity index (χ0) is 7.40. The minimum atomic E-state index is 0.775. The summed E-state index contributed by atoms with van der Waals surface area (Å²) in [5.74, 6) is 0. The first-order chi connectivity index (χ1) is 4.88. The molecule has 0 radical (unpaired) electrons. The first-order valence-electron chi connectivity index (χ1n) is 2.92. The maximum absolute atomic E-state index is 4.02. The lowest BCUT2D eigenvalue weighted by molar-refractivity contribution is 1.28. The lowest BCUT2D eigenvalue weighted by Crippen LogP contribution is -1.77. The Kier molecular flexibility index (Phi) is 1.95. The Balaban J connectivity index is 3.20. The van der Waals surface area contributed by atoms with Crippen molar-refractivity contribution in [3.05, 3.63) is 30.6 Å². The molecule has 50 valence electrons. The molecule has 1 heterocycles. The van der Waals surface area contributed by atoms with E-state index in [4.69, 9.17) is 0 Å². The molecule has 0 N–H and O–H groups in total. The molecule has 0 saturated carbocycles. The zero-order valence-corrected chi connectivity index (χ0v) is 5.62. The summed E-state index contributed by atoms with van der Waals surface area (Å²) in [5, 5.41) is 0. The highest BCUT2D eigenvalue weighted by molar-refractivity contribution is 5.60. The Morgan fingerprint density at radius 2 is 2.40 bits per heavy atom. The second-order valence-electron chi connectivity index (χ2n) is 1.77. The molecule has 1 aromatic rings. The van der Waals surface area contributed by atoms with Gasteiger partial charge < -0.3 is 0 Å².